The van der Waals surface area contributed by atoms with Crippen molar-refractivity contribution in [1.82, 2.24) is 4.90 Å². The second kappa shape index (κ2) is 6.95. The first-order chi connectivity index (χ1) is 8.08. The van der Waals surface area contributed by atoms with Gasteiger partial charge in [0.05, 0.1) is 15.6 Å². The molecule has 0 radical (unpaired) electrons. The number of hydrogen-bond donors (Lipinski definition) is 0. The first-order valence-electron chi connectivity index (χ1n) is 5.18. The summed E-state index contributed by atoms with van der Waals surface area (Å²) in [7, 11) is 1.32. The van der Waals surface area contributed by atoms with Crippen molar-refractivity contribution in [2.75, 3.05) is 20.2 Å². The van der Waals surface area contributed by atoms with Crippen molar-refractivity contribution in [3.05, 3.63) is 19.9 Å². The van der Waals surface area contributed by atoms with Gasteiger partial charge in [-0.1, -0.05) is 6.92 Å². The molecular formula is C11H14INO3S. The van der Waals surface area contributed by atoms with Crippen LogP contribution < -0.4 is 0 Å². The maximum absolute atomic E-state index is 12.1. The van der Waals surface area contributed by atoms with Crippen LogP contribution in [0, 0.1) is 2.88 Å². The maximum Gasteiger partial charge on any atom is 0.325 e. The minimum absolute atomic E-state index is 0.00952. The zero-order valence-corrected chi connectivity index (χ0v) is 12.7. The molecule has 0 unspecified atom stereocenters. The molecule has 0 aliphatic carbocycles. The lowest BCUT2D eigenvalue weighted by molar-refractivity contribution is -0.141. The van der Waals surface area contributed by atoms with Crippen LogP contribution in [0.4, 0.5) is 0 Å². The highest BCUT2D eigenvalue weighted by Gasteiger charge is 2.19. The van der Waals surface area contributed by atoms with E-state index in [1.165, 1.54) is 23.3 Å². The molecule has 0 saturated heterocycles. The van der Waals surface area contributed by atoms with E-state index in [9.17, 15) is 9.59 Å². The lowest BCUT2D eigenvalue weighted by Crippen LogP contribution is -2.36. The van der Waals surface area contributed by atoms with E-state index >= 15 is 0 Å². The number of methoxy groups -OCH3 is 1. The Morgan fingerprint density at radius 1 is 1.53 bits per heavy atom. The smallest absolute Gasteiger partial charge is 0.325 e. The molecule has 6 heteroatoms. The zero-order valence-electron chi connectivity index (χ0n) is 9.73. The van der Waals surface area contributed by atoms with Crippen LogP contribution in [0.1, 0.15) is 23.7 Å². The highest BCUT2D eigenvalue weighted by molar-refractivity contribution is 14.1. The Bertz CT molecular complexity index is 405. The van der Waals surface area contributed by atoms with Crippen molar-refractivity contribution >= 4 is 45.8 Å². The van der Waals surface area contributed by atoms with Gasteiger partial charge in [0.1, 0.15) is 6.54 Å². The summed E-state index contributed by atoms with van der Waals surface area (Å²) in [5, 5.41) is 1.81. The Balaban J connectivity index is 2.76. The normalized spacial score (nSPS) is 10.1. The van der Waals surface area contributed by atoms with Crippen LogP contribution in [-0.4, -0.2) is 37.0 Å². The van der Waals surface area contributed by atoms with Gasteiger partial charge in [0.15, 0.2) is 0 Å². The topological polar surface area (TPSA) is 46.6 Å². The first kappa shape index (κ1) is 14.4. The average molecular weight is 367 g/mol. The van der Waals surface area contributed by atoms with Gasteiger partial charge in [-0.15, -0.1) is 11.3 Å². The van der Waals surface area contributed by atoms with Crippen molar-refractivity contribution in [2.24, 2.45) is 0 Å². The van der Waals surface area contributed by atoms with E-state index in [0.717, 1.165) is 9.30 Å². The monoisotopic (exact) mass is 367 g/mol. The quantitative estimate of drug-likeness (QED) is 0.593. The number of carbonyl (C=O) groups is 2. The summed E-state index contributed by atoms with van der Waals surface area (Å²) in [6.07, 6.45) is 0.809. The fourth-order valence-electron chi connectivity index (χ4n) is 1.35. The highest BCUT2D eigenvalue weighted by atomic mass is 127. The van der Waals surface area contributed by atoms with Gasteiger partial charge in [0.2, 0.25) is 0 Å². The molecule has 0 bridgehead atoms. The van der Waals surface area contributed by atoms with Crippen molar-refractivity contribution in [3.63, 3.8) is 0 Å². The van der Waals surface area contributed by atoms with E-state index in [4.69, 9.17) is 0 Å². The number of amides is 1. The molecule has 0 atom stereocenters. The third-order valence-corrected chi connectivity index (χ3v) is 3.93. The van der Waals surface area contributed by atoms with Gasteiger partial charge in [-0.2, -0.15) is 0 Å². The molecule has 1 amide bonds. The predicted molar refractivity (Wildman–Crippen MR) is 75.2 cm³/mol. The fraction of sp³-hybridized carbons (Fsp3) is 0.455. The van der Waals surface area contributed by atoms with Crippen LogP contribution in [0.3, 0.4) is 0 Å². The van der Waals surface area contributed by atoms with Crippen molar-refractivity contribution in [1.29, 1.82) is 0 Å². The Morgan fingerprint density at radius 3 is 2.71 bits per heavy atom. The van der Waals surface area contributed by atoms with Gasteiger partial charge in [-0.25, -0.2) is 0 Å². The van der Waals surface area contributed by atoms with Crippen LogP contribution in [-0.2, 0) is 9.53 Å². The van der Waals surface area contributed by atoms with E-state index in [2.05, 4.69) is 27.3 Å². The number of carbonyl (C=O) groups excluding carboxylic acids is 2. The first-order valence-corrected chi connectivity index (χ1v) is 7.14. The Morgan fingerprint density at radius 2 is 2.24 bits per heavy atom. The number of nitrogens with zero attached hydrogens (tertiary/aromatic N) is 1. The SMILES string of the molecule is CCCN(CC(=O)OC)C(=O)c1csc(I)c1. The summed E-state index contributed by atoms with van der Waals surface area (Å²) in [6, 6.07) is 1.83. The van der Waals surface area contributed by atoms with E-state index in [1.54, 1.807) is 0 Å². The second-order valence-electron chi connectivity index (χ2n) is 3.44. The third-order valence-electron chi connectivity index (χ3n) is 2.14. The molecule has 1 rings (SSSR count). The van der Waals surface area contributed by atoms with Crippen molar-refractivity contribution < 1.29 is 14.3 Å². The van der Waals surface area contributed by atoms with E-state index in [0.29, 0.717) is 12.1 Å². The molecule has 0 aromatic carbocycles. The Hall–Kier alpha value is -0.630. The number of rotatable bonds is 5. The van der Waals surface area contributed by atoms with Crippen molar-refractivity contribution in [2.45, 2.75) is 13.3 Å². The lowest BCUT2D eigenvalue weighted by Gasteiger charge is -2.20. The molecule has 0 spiro atoms. The summed E-state index contributed by atoms with van der Waals surface area (Å²) < 4.78 is 5.64. The Kier molecular flexibility index (Phi) is 5.90. The van der Waals surface area contributed by atoms with Crippen molar-refractivity contribution in [3.8, 4) is 0 Å². The van der Waals surface area contributed by atoms with Gasteiger partial charge in [0.25, 0.3) is 5.91 Å². The summed E-state index contributed by atoms with van der Waals surface area (Å²) in [6.45, 7) is 2.53. The highest BCUT2D eigenvalue weighted by Crippen LogP contribution is 2.18. The van der Waals surface area contributed by atoms with Gasteiger partial charge < -0.3 is 9.64 Å². The summed E-state index contributed by atoms with van der Waals surface area (Å²) in [4.78, 5) is 24.9. The molecule has 0 aliphatic heterocycles. The summed E-state index contributed by atoms with van der Waals surface area (Å²) >= 11 is 3.68. The molecule has 0 aliphatic rings. The van der Waals surface area contributed by atoms with Gasteiger partial charge >= 0.3 is 5.97 Å². The molecule has 1 heterocycles. The van der Waals surface area contributed by atoms with E-state index < -0.39 is 5.97 Å². The van der Waals surface area contributed by atoms with E-state index in [-0.39, 0.29) is 12.5 Å². The molecule has 0 fully saturated rings. The lowest BCUT2D eigenvalue weighted by atomic mass is 10.2. The molecule has 1 aromatic heterocycles. The summed E-state index contributed by atoms with van der Waals surface area (Å²) in [5.74, 6) is -0.506. The molecule has 1 aromatic rings. The van der Waals surface area contributed by atoms with Crippen LogP contribution in [0.5, 0.6) is 0 Å². The number of esters is 1. The van der Waals surface area contributed by atoms with Gasteiger partial charge in [-0.05, 0) is 35.1 Å². The molecule has 4 nitrogen and oxygen atoms in total. The molecule has 0 N–H and O–H groups in total. The van der Waals surface area contributed by atoms with Crippen LogP contribution in [0.15, 0.2) is 11.4 Å². The van der Waals surface area contributed by atoms with Gasteiger partial charge in [0, 0.05) is 11.9 Å². The van der Waals surface area contributed by atoms with Gasteiger partial charge in [-0.3, -0.25) is 9.59 Å². The third kappa shape index (κ3) is 4.27. The number of hydrogen-bond acceptors (Lipinski definition) is 4. The molecule has 17 heavy (non-hydrogen) atoms. The number of halogens is 1. The molecule has 94 valence electrons. The zero-order chi connectivity index (χ0) is 12.8. The van der Waals surface area contributed by atoms with E-state index in [1.807, 2.05) is 18.4 Å². The number of ether oxygens (including phenoxy) is 1. The second-order valence-corrected chi connectivity index (χ2v) is 6.25. The Labute approximate surface area is 118 Å². The minimum Gasteiger partial charge on any atom is -0.468 e. The summed E-state index contributed by atoms with van der Waals surface area (Å²) in [5.41, 5.74) is 0.636. The maximum atomic E-state index is 12.1. The van der Waals surface area contributed by atoms with Crippen LogP contribution in [0.2, 0.25) is 0 Å². The predicted octanol–water partition coefficient (Wildman–Crippen LogP) is 2.38. The largest absolute Gasteiger partial charge is 0.468 e. The standard InChI is InChI=1S/C11H14INO3S/c1-3-4-13(6-10(14)16-2)11(15)8-5-9(12)17-7-8/h5,7H,3-4,6H2,1-2H3. The minimum atomic E-state index is -0.392. The molecule has 0 saturated carbocycles. The average Bonchev–Trinajstić information content (AvgIpc) is 2.74. The van der Waals surface area contributed by atoms with Crippen LogP contribution >= 0.6 is 33.9 Å². The molecular weight excluding hydrogens is 353 g/mol. The van der Waals surface area contributed by atoms with Crippen LogP contribution in [0.25, 0.3) is 0 Å². The number of thiophene rings is 1. The fourth-order valence-corrected chi connectivity index (χ4v) is 2.67.